The molecule has 0 saturated carbocycles. The first-order valence-electron chi connectivity index (χ1n) is 5.47. The molecule has 1 unspecified atom stereocenters. The van der Waals surface area contributed by atoms with E-state index in [1.54, 1.807) is 13.8 Å². The molecule has 94 valence electrons. The standard InChI is InChI=1S/C10H15N3O4/c1-6(2)13-9(15)11(3)8(14)12(10(13)16)4-7-5-17-7/h6-7H,4-5H2,1-3H3. The summed E-state index contributed by atoms with van der Waals surface area (Å²) in [6.45, 7) is 4.21. The average Bonchev–Trinajstić information content (AvgIpc) is 3.05. The molecule has 1 saturated heterocycles. The van der Waals surface area contributed by atoms with Gasteiger partial charge in [0.05, 0.1) is 19.3 Å². The summed E-state index contributed by atoms with van der Waals surface area (Å²) in [6, 6.07) is -0.284. The van der Waals surface area contributed by atoms with E-state index < -0.39 is 17.1 Å². The summed E-state index contributed by atoms with van der Waals surface area (Å²) < 4.78 is 8.07. The highest BCUT2D eigenvalue weighted by atomic mass is 16.6. The first-order valence-corrected chi connectivity index (χ1v) is 5.47. The van der Waals surface area contributed by atoms with Gasteiger partial charge in [-0.15, -0.1) is 0 Å². The molecule has 1 aliphatic rings. The van der Waals surface area contributed by atoms with E-state index in [1.807, 2.05) is 0 Å². The maximum Gasteiger partial charge on any atom is 0.336 e. The second-order valence-electron chi connectivity index (χ2n) is 4.44. The number of aromatic nitrogens is 3. The molecule has 1 aliphatic heterocycles. The highest BCUT2D eigenvalue weighted by Gasteiger charge is 2.26. The second kappa shape index (κ2) is 3.99. The van der Waals surface area contributed by atoms with E-state index in [-0.39, 0.29) is 18.7 Å². The van der Waals surface area contributed by atoms with Crippen LogP contribution >= 0.6 is 0 Å². The van der Waals surface area contributed by atoms with E-state index in [2.05, 4.69) is 0 Å². The van der Waals surface area contributed by atoms with Gasteiger partial charge in [0.1, 0.15) is 0 Å². The van der Waals surface area contributed by atoms with Gasteiger partial charge >= 0.3 is 17.1 Å². The van der Waals surface area contributed by atoms with E-state index in [1.165, 1.54) is 7.05 Å². The third kappa shape index (κ3) is 1.97. The number of hydrogen-bond donors (Lipinski definition) is 0. The van der Waals surface area contributed by atoms with Gasteiger partial charge < -0.3 is 4.74 Å². The van der Waals surface area contributed by atoms with Gasteiger partial charge in [0.25, 0.3) is 0 Å². The Labute approximate surface area is 96.9 Å². The van der Waals surface area contributed by atoms with Crippen molar-refractivity contribution in [3.8, 4) is 0 Å². The first kappa shape index (κ1) is 11.8. The fraction of sp³-hybridized carbons (Fsp3) is 0.700. The van der Waals surface area contributed by atoms with Crippen LogP contribution in [0.1, 0.15) is 19.9 Å². The highest BCUT2D eigenvalue weighted by Crippen LogP contribution is 2.09. The summed E-state index contributed by atoms with van der Waals surface area (Å²) >= 11 is 0. The van der Waals surface area contributed by atoms with Crippen molar-refractivity contribution < 1.29 is 4.74 Å². The van der Waals surface area contributed by atoms with Gasteiger partial charge in [-0.2, -0.15) is 0 Å². The quantitative estimate of drug-likeness (QED) is 0.615. The maximum atomic E-state index is 12.0. The van der Waals surface area contributed by atoms with Crippen LogP contribution in [0.25, 0.3) is 0 Å². The molecule has 1 fully saturated rings. The molecule has 0 bridgehead atoms. The molecule has 0 radical (unpaired) electrons. The Hall–Kier alpha value is -1.63. The largest absolute Gasteiger partial charge is 0.371 e. The van der Waals surface area contributed by atoms with Crippen LogP contribution in [0.3, 0.4) is 0 Å². The molecule has 0 aliphatic carbocycles. The van der Waals surface area contributed by atoms with Crippen LogP contribution in [0.2, 0.25) is 0 Å². The fourth-order valence-electron chi connectivity index (χ4n) is 1.69. The lowest BCUT2D eigenvalue weighted by Gasteiger charge is -2.13. The lowest BCUT2D eigenvalue weighted by atomic mass is 10.4. The Kier molecular flexibility index (Phi) is 2.78. The molecule has 7 heteroatoms. The number of hydrogen-bond acceptors (Lipinski definition) is 4. The van der Waals surface area contributed by atoms with Gasteiger partial charge in [0, 0.05) is 13.1 Å². The fourth-order valence-corrected chi connectivity index (χ4v) is 1.69. The van der Waals surface area contributed by atoms with Gasteiger partial charge in [-0.1, -0.05) is 0 Å². The van der Waals surface area contributed by atoms with Gasteiger partial charge in [0.2, 0.25) is 0 Å². The Morgan fingerprint density at radius 3 is 2.29 bits per heavy atom. The lowest BCUT2D eigenvalue weighted by Crippen LogP contribution is -2.54. The van der Waals surface area contributed by atoms with Crippen LogP contribution in [0.15, 0.2) is 14.4 Å². The molecule has 17 heavy (non-hydrogen) atoms. The van der Waals surface area contributed by atoms with Crippen molar-refractivity contribution in [1.29, 1.82) is 0 Å². The van der Waals surface area contributed by atoms with Gasteiger partial charge in [0.15, 0.2) is 0 Å². The normalized spacial score (nSPS) is 18.7. The monoisotopic (exact) mass is 241 g/mol. The SMILES string of the molecule is CC(C)n1c(=O)n(C)c(=O)n(CC2CO2)c1=O. The Morgan fingerprint density at radius 2 is 1.82 bits per heavy atom. The van der Waals surface area contributed by atoms with Crippen molar-refractivity contribution >= 4 is 0 Å². The Balaban J connectivity index is 2.70. The van der Waals surface area contributed by atoms with Gasteiger partial charge in [-0.05, 0) is 13.8 Å². The zero-order valence-electron chi connectivity index (χ0n) is 10.0. The molecule has 1 aromatic rings. The number of nitrogens with zero attached hydrogens (tertiary/aromatic N) is 3. The van der Waals surface area contributed by atoms with Crippen molar-refractivity contribution in [2.45, 2.75) is 32.5 Å². The van der Waals surface area contributed by atoms with E-state index in [4.69, 9.17) is 4.74 Å². The summed E-state index contributed by atoms with van der Waals surface area (Å²) in [5.41, 5.74) is -1.74. The summed E-state index contributed by atoms with van der Waals surface area (Å²) in [6.07, 6.45) is -0.0847. The van der Waals surface area contributed by atoms with Crippen molar-refractivity contribution in [3.05, 3.63) is 31.5 Å². The van der Waals surface area contributed by atoms with E-state index in [0.717, 1.165) is 13.7 Å². The zero-order valence-corrected chi connectivity index (χ0v) is 10.0. The van der Waals surface area contributed by atoms with Crippen LogP contribution in [0.4, 0.5) is 0 Å². The minimum absolute atomic E-state index is 0.0847. The summed E-state index contributed by atoms with van der Waals surface area (Å²) in [4.78, 5) is 35.6. The molecule has 0 spiro atoms. The second-order valence-corrected chi connectivity index (χ2v) is 4.44. The van der Waals surface area contributed by atoms with E-state index in [0.29, 0.717) is 6.61 Å². The third-order valence-corrected chi connectivity index (χ3v) is 2.75. The summed E-state index contributed by atoms with van der Waals surface area (Å²) in [7, 11) is 1.37. The van der Waals surface area contributed by atoms with Crippen LogP contribution in [-0.4, -0.2) is 26.4 Å². The highest BCUT2D eigenvalue weighted by molar-refractivity contribution is 4.82. The minimum Gasteiger partial charge on any atom is -0.371 e. The molecular weight excluding hydrogens is 226 g/mol. The first-order chi connectivity index (χ1) is 7.93. The Bertz CT molecular complexity index is 603. The van der Waals surface area contributed by atoms with Crippen molar-refractivity contribution in [2.75, 3.05) is 6.61 Å². The molecular formula is C10H15N3O4. The molecule has 0 amide bonds. The number of epoxide rings is 1. The Morgan fingerprint density at radius 1 is 1.24 bits per heavy atom. The molecule has 2 rings (SSSR count). The van der Waals surface area contributed by atoms with Crippen LogP contribution in [0.5, 0.6) is 0 Å². The molecule has 0 aromatic carbocycles. The summed E-state index contributed by atoms with van der Waals surface area (Å²) in [5, 5.41) is 0. The van der Waals surface area contributed by atoms with Crippen LogP contribution in [0, 0.1) is 0 Å². The maximum absolute atomic E-state index is 12.0. The van der Waals surface area contributed by atoms with E-state index >= 15 is 0 Å². The topological polar surface area (TPSA) is 78.5 Å². The average molecular weight is 241 g/mol. The lowest BCUT2D eigenvalue weighted by molar-refractivity contribution is 0.357. The van der Waals surface area contributed by atoms with Crippen molar-refractivity contribution in [2.24, 2.45) is 7.05 Å². The molecule has 7 nitrogen and oxygen atoms in total. The summed E-state index contributed by atoms with van der Waals surface area (Å²) in [5.74, 6) is 0. The third-order valence-electron chi connectivity index (χ3n) is 2.75. The zero-order chi connectivity index (χ0) is 12.7. The minimum atomic E-state index is -0.590. The predicted octanol–water partition coefficient (Wildman–Crippen LogP) is -1.31. The van der Waals surface area contributed by atoms with Crippen molar-refractivity contribution in [1.82, 2.24) is 13.7 Å². The van der Waals surface area contributed by atoms with Crippen LogP contribution in [-0.2, 0) is 18.3 Å². The van der Waals surface area contributed by atoms with Gasteiger partial charge in [-0.3, -0.25) is 0 Å². The smallest absolute Gasteiger partial charge is 0.336 e. The van der Waals surface area contributed by atoms with Gasteiger partial charge in [-0.25, -0.2) is 28.1 Å². The van der Waals surface area contributed by atoms with E-state index in [9.17, 15) is 14.4 Å². The molecule has 0 N–H and O–H groups in total. The number of rotatable bonds is 3. The molecule has 2 heterocycles. The number of ether oxygens (including phenoxy) is 1. The van der Waals surface area contributed by atoms with Crippen LogP contribution < -0.4 is 17.1 Å². The van der Waals surface area contributed by atoms with Crippen molar-refractivity contribution in [3.63, 3.8) is 0 Å². The molecule has 1 atom stereocenters. The predicted molar refractivity (Wildman–Crippen MR) is 60.3 cm³/mol. The molecule has 1 aromatic heterocycles.